The van der Waals surface area contributed by atoms with Gasteiger partial charge < -0.3 is 15.0 Å². The van der Waals surface area contributed by atoms with Crippen LogP contribution in [0.25, 0.3) is 0 Å². The molecule has 1 aromatic heterocycles. The summed E-state index contributed by atoms with van der Waals surface area (Å²) in [6.45, 7) is 2.59. The molecule has 0 amide bonds. The molecule has 1 unspecified atom stereocenters. The van der Waals surface area contributed by atoms with Crippen LogP contribution in [0.2, 0.25) is 5.02 Å². The Morgan fingerprint density at radius 3 is 2.86 bits per heavy atom. The van der Waals surface area contributed by atoms with Gasteiger partial charge in [0, 0.05) is 11.6 Å². The first-order chi connectivity index (χ1) is 10.2. The smallest absolute Gasteiger partial charge is 0.248 e. The summed E-state index contributed by atoms with van der Waals surface area (Å²) in [5.74, 6) is 1.44. The second kappa shape index (κ2) is 6.13. The lowest BCUT2D eigenvalue weighted by Crippen LogP contribution is -2.14. The minimum Gasteiger partial charge on any atom is -0.370 e. The Labute approximate surface area is 128 Å². The molecule has 6 heteroatoms. The Morgan fingerprint density at radius 2 is 2.19 bits per heavy atom. The zero-order valence-electron chi connectivity index (χ0n) is 11.8. The Hall–Kier alpha value is -1.43. The van der Waals surface area contributed by atoms with E-state index < -0.39 is 6.04 Å². The number of benzene rings is 1. The third kappa shape index (κ3) is 3.10. The van der Waals surface area contributed by atoms with E-state index in [1.165, 1.54) is 0 Å². The highest BCUT2D eigenvalue weighted by Crippen LogP contribution is 2.42. The van der Waals surface area contributed by atoms with Gasteiger partial charge in [-0.3, -0.25) is 0 Å². The maximum absolute atomic E-state index is 6.17. The first kappa shape index (κ1) is 14.5. The predicted octanol–water partition coefficient (Wildman–Crippen LogP) is 3.26. The monoisotopic (exact) mass is 307 g/mol. The van der Waals surface area contributed by atoms with Gasteiger partial charge in [0.25, 0.3) is 0 Å². The maximum Gasteiger partial charge on any atom is 0.248 e. The minimum atomic E-state index is -0.526. The molecule has 3 rings (SSSR count). The van der Waals surface area contributed by atoms with Crippen LogP contribution in [0.3, 0.4) is 0 Å². The number of nitrogens with two attached hydrogens (primary N) is 1. The van der Waals surface area contributed by atoms with Crippen LogP contribution in [-0.2, 0) is 4.74 Å². The molecule has 0 bridgehead atoms. The Kier molecular flexibility index (Phi) is 4.24. The molecule has 2 aromatic rings. The third-order valence-corrected chi connectivity index (χ3v) is 3.96. The molecular formula is C15H18ClN3O2. The molecule has 0 radical (unpaired) electrons. The summed E-state index contributed by atoms with van der Waals surface area (Å²) < 4.78 is 11.0. The second-order valence-electron chi connectivity index (χ2n) is 5.20. The quantitative estimate of drug-likeness (QED) is 0.886. The van der Waals surface area contributed by atoms with E-state index in [-0.39, 0.29) is 6.10 Å². The van der Waals surface area contributed by atoms with E-state index in [2.05, 4.69) is 10.1 Å². The summed E-state index contributed by atoms with van der Waals surface area (Å²) in [6.07, 6.45) is 2.20. The molecule has 112 valence electrons. The molecule has 1 heterocycles. The molecule has 0 saturated heterocycles. The lowest BCUT2D eigenvalue weighted by molar-refractivity contribution is 0.0384. The van der Waals surface area contributed by atoms with Gasteiger partial charge in [0.05, 0.1) is 0 Å². The molecule has 1 aromatic carbocycles. The highest BCUT2D eigenvalue weighted by molar-refractivity contribution is 6.31. The van der Waals surface area contributed by atoms with Crippen molar-refractivity contribution in [3.63, 3.8) is 0 Å². The van der Waals surface area contributed by atoms with Gasteiger partial charge in [-0.2, -0.15) is 4.98 Å². The SMILES string of the molecule is CCOC(c1noc([C@H](N)c2ccccc2Cl)n1)C1CC1. The summed E-state index contributed by atoms with van der Waals surface area (Å²) in [6, 6.07) is 6.86. The predicted molar refractivity (Wildman–Crippen MR) is 78.9 cm³/mol. The van der Waals surface area contributed by atoms with Crippen LogP contribution < -0.4 is 5.73 Å². The van der Waals surface area contributed by atoms with Crippen LogP contribution in [0, 0.1) is 5.92 Å². The topological polar surface area (TPSA) is 74.2 Å². The number of hydrogen-bond acceptors (Lipinski definition) is 5. The van der Waals surface area contributed by atoms with Gasteiger partial charge in [0.1, 0.15) is 12.1 Å². The fraction of sp³-hybridized carbons (Fsp3) is 0.467. The van der Waals surface area contributed by atoms with Crippen molar-refractivity contribution in [3.05, 3.63) is 46.6 Å². The van der Waals surface area contributed by atoms with Gasteiger partial charge in [0.2, 0.25) is 11.7 Å². The summed E-state index contributed by atoms with van der Waals surface area (Å²) in [4.78, 5) is 4.42. The molecule has 1 aliphatic carbocycles. The molecule has 2 N–H and O–H groups in total. The molecule has 2 atom stereocenters. The fourth-order valence-corrected chi connectivity index (χ4v) is 2.60. The lowest BCUT2D eigenvalue weighted by atomic mass is 10.1. The van der Waals surface area contributed by atoms with E-state index in [0.29, 0.717) is 29.3 Å². The standard InChI is InChI=1S/C15H18ClN3O2/c1-2-20-13(9-7-8-9)14-18-15(21-19-14)12(17)10-5-3-4-6-11(10)16/h3-6,9,12-13H,2,7-8,17H2,1H3/t12-,13?/m1/s1. The normalized spacial score (nSPS) is 17.7. The van der Waals surface area contributed by atoms with Crippen LogP contribution in [-0.4, -0.2) is 16.7 Å². The Bertz CT molecular complexity index is 612. The Balaban J connectivity index is 1.82. The summed E-state index contributed by atoms with van der Waals surface area (Å²) >= 11 is 6.15. The largest absolute Gasteiger partial charge is 0.370 e. The first-order valence-electron chi connectivity index (χ1n) is 7.15. The first-order valence-corrected chi connectivity index (χ1v) is 7.53. The lowest BCUT2D eigenvalue weighted by Gasteiger charge is -2.11. The molecule has 1 saturated carbocycles. The van der Waals surface area contributed by atoms with Crippen molar-refractivity contribution >= 4 is 11.6 Å². The van der Waals surface area contributed by atoms with Gasteiger partial charge in [0.15, 0.2) is 0 Å². The molecule has 1 aliphatic rings. The van der Waals surface area contributed by atoms with Gasteiger partial charge in [-0.05, 0) is 37.3 Å². The average Bonchev–Trinajstić information content (AvgIpc) is 3.21. The third-order valence-electron chi connectivity index (χ3n) is 3.61. The van der Waals surface area contributed by atoms with Crippen molar-refractivity contribution in [1.82, 2.24) is 10.1 Å². The van der Waals surface area contributed by atoms with Gasteiger partial charge >= 0.3 is 0 Å². The highest BCUT2D eigenvalue weighted by atomic mass is 35.5. The summed E-state index contributed by atoms with van der Waals surface area (Å²) in [5.41, 5.74) is 6.95. The van der Waals surface area contributed by atoms with Gasteiger partial charge in [-0.25, -0.2) is 0 Å². The second-order valence-corrected chi connectivity index (χ2v) is 5.61. The van der Waals surface area contributed by atoms with E-state index in [0.717, 1.165) is 18.4 Å². The van der Waals surface area contributed by atoms with Crippen molar-refractivity contribution in [1.29, 1.82) is 0 Å². The number of nitrogens with zero attached hydrogens (tertiary/aromatic N) is 2. The van der Waals surface area contributed by atoms with Crippen molar-refractivity contribution in [2.75, 3.05) is 6.61 Å². The van der Waals surface area contributed by atoms with Crippen molar-refractivity contribution < 1.29 is 9.26 Å². The molecule has 5 nitrogen and oxygen atoms in total. The van der Waals surface area contributed by atoms with E-state index in [1.807, 2.05) is 25.1 Å². The molecule has 21 heavy (non-hydrogen) atoms. The summed E-state index contributed by atoms with van der Waals surface area (Å²) in [5, 5.41) is 4.63. The van der Waals surface area contributed by atoms with Crippen molar-refractivity contribution in [2.24, 2.45) is 11.7 Å². The molecule has 0 spiro atoms. The number of aromatic nitrogens is 2. The average molecular weight is 308 g/mol. The molecular weight excluding hydrogens is 290 g/mol. The van der Waals surface area contributed by atoms with Crippen molar-refractivity contribution in [3.8, 4) is 0 Å². The number of halogens is 1. The maximum atomic E-state index is 6.17. The zero-order valence-corrected chi connectivity index (χ0v) is 12.6. The Morgan fingerprint density at radius 1 is 1.43 bits per heavy atom. The van der Waals surface area contributed by atoms with Gasteiger partial charge in [-0.15, -0.1) is 0 Å². The molecule has 0 aliphatic heterocycles. The summed E-state index contributed by atoms with van der Waals surface area (Å²) in [7, 11) is 0. The van der Waals surface area contributed by atoms with Crippen molar-refractivity contribution in [2.45, 2.75) is 31.9 Å². The molecule has 1 fully saturated rings. The highest BCUT2D eigenvalue weighted by Gasteiger charge is 2.36. The van der Waals surface area contributed by atoms with Crippen LogP contribution in [0.15, 0.2) is 28.8 Å². The van der Waals surface area contributed by atoms with E-state index in [1.54, 1.807) is 6.07 Å². The van der Waals surface area contributed by atoms with E-state index in [9.17, 15) is 0 Å². The number of ether oxygens (including phenoxy) is 1. The van der Waals surface area contributed by atoms with E-state index >= 15 is 0 Å². The number of rotatable bonds is 6. The van der Waals surface area contributed by atoms with Crippen LogP contribution in [0.5, 0.6) is 0 Å². The fourth-order valence-electron chi connectivity index (χ4n) is 2.35. The van der Waals surface area contributed by atoms with E-state index in [4.69, 9.17) is 26.6 Å². The van der Waals surface area contributed by atoms with Crippen LogP contribution in [0.4, 0.5) is 0 Å². The number of hydrogen-bond donors (Lipinski definition) is 1. The van der Waals surface area contributed by atoms with Gasteiger partial charge in [-0.1, -0.05) is 35.0 Å². The minimum absolute atomic E-state index is 0.0917. The van der Waals surface area contributed by atoms with Crippen LogP contribution >= 0.6 is 11.6 Å². The zero-order chi connectivity index (χ0) is 14.8. The van der Waals surface area contributed by atoms with Crippen LogP contribution in [0.1, 0.15) is 49.2 Å².